The predicted octanol–water partition coefficient (Wildman–Crippen LogP) is 3.87. The third kappa shape index (κ3) is 3.34. The molecule has 0 radical (unpaired) electrons. The van der Waals surface area contributed by atoms with E-state index in [4.69, 9.17) is 4.74 Å². The van der Waals surface area contributed by atoms with Crippen molar-refractivity contribution < 1.29 is 18.7 Å². The highest BCUT2D eigenvalue weighted by Gasteiger charge is 2.47. The molecule has 2 amide bonds. The molecule has 0 bridgehead atoms. The van der Waals surface area contributed by atoms with Gasteiger partial charge in [-0.3, -0.25) is 4.79 Å². The fourth-order valence-electron chi connectivity index (χ4n) is 4.81. The minimum absolute atomic E-state index is 0.0494. The summed E-state index contributed by atoms with van der Waals surface area (Å²) in [5.41, 5.74) is 3.31. The van der Waals surface area contributed by atoms with Gasteiger partial charge < -0.3 is 15.4 Å². The van der Waals surface area contributed by atoms with Crippen molar-refractivity contribution in [3.8, 4) is 5.75 Å². The molecule has 156 valence electrons. The summed E-state index contributed by atoms with van der Waals surface area (Å²) in [6, 6.07) is 10.2. The second-order valence-corrected chi connectivity index (χ2v) is 8.72. The molecule has 0 spiro atoms. The van der Waals surface area contributed by atoms with E-state index in [9.17, 15) is 14.0 Å². The molecule has 2 aromatic carbocycles. The molecule has 1 aliphatic heterocycles. The van der Waals surface area contributed by atoms with E-state index >= 15 is 0 Å². The van der Waals surface area contributed by atoms with Crippen LogP contribution in [-0.4, -0.2) is 24.5 Å². The highest BCUT2D eigenvalue weighted by molar-refractivity contribution is 5.91. The fourth-order valence-corrected chi connectivity index (χ4v) is 4.81. The number of carbonyl (C=O) groups excluding carboxylic acids is 2. The van der Waals surface area contributed by atoms with E-state index in [0.717, 1.165) is 36.0 Å². The van der Waals surface area contributed by atoms with E-state index in [1.54, 1.807) is 0 Å². The largest absolute Gasteiger partial charge is 0.493 e. The lowest BCUT2D eigenvalue weighted by molar-refractivity contribution is -0.119. The first-order valence-electron chi connectivity index (χ1n) is 10.6. The van der Waals surface area contributed by atoms with Gasteiger partial charge in [0.2, 0.25) is 0 Å². The van der Waals surface area contributed by atoms with Crippen LogP contribution in [0.1, 0.15) is 53.9 Å². The Balaban J connectivity index is 1.33. The molecule has 2 aromatic rings. The predicted molar refractivity (Wildman–Crippen MR) is 110 cm³/mol. The second kappa shape index (κ2) is 7.11. The zero-order valence-electron chi connectivity index (χ0n) is 17.0. The number of nitrogens with one attached hydrogen (secondary N) is 2. The van der Waals surface area contributed by atoms with Gasteiger partial charge in [0, 0.05) is 24.8 Å². The van der Waals surface area contributed by atoms with Crippen LogP contribution in [0.4, 0.5) is 9.18 Å². The summed E-state index contributed by atoms with van der Waals surface area (Å²) in [5, 5.41) is 5.93. The Bertz CT molecular complexity index is 1030. The maximum Gasteiger partial charge on any atom is 0.316 e. The van der Waals surface area contributed by atoms with Crippen molar-refractivity contribution in [1.82, 2.24) is 10.6 Å². The van der Waals surface area contributed by atoms with Crippen molar-refractivity contribution in [2.24, 2.45) is 0 Å². The number of urea groups is 1. The van der Waals surface area contributed by atoms with Crippen molar-refractivity contribution in [3.63, 3.8) is 0 Å². The zero-order valence-corrected chi connectivity index (χ0v) is 17.0. The molecule has 6 heteroatoms. The van der Waals surface area contributed by atoms with Gasteiger partial charge in [0.15, 0.2) is 5.78 Å². The molecule has 0 saturated heterocycles. The summed E-state index contributed by atoms with van der Waals surface area (Å²) in [6.45, 7) is 2.57. The van der Waals surface area contributed by atoms with Crippen LogP contribution in [0.3, 0.4) is 0 Å². The lowest BCUT2D eigenvalue weighted by atomic mass is 9.91. The summed E-state index contributed by atoms with van der Waals surface area (Å²) in [5.74, 6) is -0.201. The Labute approximate surface area is 175 Å². The molecule has 0 aromatic heterocycles. The SMILES string of the molecule is Cc1cccc(C2(NC(=O)NC3C(=O)CC[C@H]3c3cc4c(cc3F)OCC4)CC2)c1. The Kier molecular flexibility index (Phi) is 4.53. The van der Waals surface area contributed by atoms with Crippen LogP contribution in [-0.2, 0) is 16.8 Å². The van der Waals surface area contributed by atoms with Crippen LogP contribution in [0.15, 0.2) is 36.4 Å². The number of benzene rings is 2. The first-order valence-corrected chi connectivity index (χ1v) is 10.6. The Morgan fingerprint density at radius 3 is 2.80 bits per heavy atom. The van der Waals surface area contributed by atoms with Gasteiger partial charge in [-0.05, 0) is 48.9 Å². The van der Waals surface area contributed by atoms with E-state index < -0.39 is 6.04 Å². The Morgan fingerprint density at radius 2 is 2.03 bits per heavy atom. The van der Waals surface area contributed by atoms with Crippen LogP contribution in [0.5, 0.6) is 5.75 Å². The van der Waals surface area contributed by atoms with Gasteiger partial charge in [0.25, 0.3) is 0 Å². The van der Waals surface area contributed by atoms with Crippen LogP contribution in [0.25, 0.3) is 0 Å². The fraction of sp³-hybridized carbons (Fsp3) is 0.417. The normalized spacial score (nSPS) is 23.6. The van der Waals surface area contributed by atoms with Crippen molar-refractivity contribution in [2.45, 2.75) is 56.5 Å². The summed E-state index contributed by atoms with van der Waals surface area (Å²) < 4.78 is 20.2. The van der Waals surface area contributed by atoms with Gasteiger partial charge in [0.1, 0.15) is 11.6 Å². The zero-order chi connectivity index (χ0) is 20.9. The lowest BCUT2D eigenvalue weighted by Crippen LogP contribution is -2.49. The molecule has 30 heavy (non-hydrogen) atoms. The topological polar surface area (TPSA) is 67.4 Å². The van der Waals surface area contributed by atoms with Gasteiger partial charge in [-0.15, -0.1) is 0 Å². The molecule has 1 heterocycles. The third-order valence-corrected chi connectivity index (χ3v) is 6.62. The average molecular weight is 408 g/mol. The van der Waals surface area contributed by atoms with Crippen LogP contribution >= 0.6 is 0 Å². The van der Waals surface area contributed by atoms with Crippen molar-refractivity contribution >= 4 is 11.8 Å². The van der Waals surface area contributed by atoms with E-state index in [0.29, 0.717) is 30.8 Å². The molecule has 1 unspecified atom stereocenters. The number of amides is 2. The van der Waals surface area contributed by atoms with E-state index in [-0.39, 0.29) is 29.1 Å². The van der Waals surface area contributed by atoms with Gasteiger partial charge in [-0.2, -0.15) is 0 Å². The van der Waals surface area contributed by atoms with Gasteiger partial charge in [-0.1, -0.05) is 29.8 Å². The van der Waals surface area contributed by atoms with E-state index in [1.165, 1.54) is 6.07 Å². The highest BCUT2D eigenvalue weighted by Crippen LogP contribution is 2.45. The Morgan fingerprint density at radius 1 is 1.20 bits per heavy atom. The summed E-state index contributed by atoms with van der Waals surface area (Å²) in [6.07, 6.45) is 3.34. The molecule has 2 N–H and O–H groups in total. The van der Waals surface area contributed by atoms with Crippen LogP contribution < -0.4 is 15.4 Å². The van der Waals surface area contributed by atoms with E-state index in [2.05, 4.69) is 16.7 Å². The maximum absolute atomic E-state index is 14.8. The smallest absolute Gasteiger partial charge is 0.316 e. The number of aryl methyl sites for hydroxylation is 1. The molecule has 5 rings (SSSR count). The summed E-state index contributed by atoms with van der Waals surface area (Å²) in [4.78, 5) is 25.4. The van der Waals surface area contributed by atoms with Gasteiger partial charge >= 0.3 is 6.03 Å². The monoisotopic (exact) mass is 408 g/mol. The molecule has 3 aliphatic rings. The summed E-state index contributed by atoms with van der Waals surface area (Å²) in [7, 11) is 0. The van der Waals surface area contributed by atoms with Crippen molar-refractivity contribution in [2.75, 3.05) is 6.61 Å². The van der Waals surface area contributed by atoms with Crippen molar-refractivity contribution in [1.29, 1.82) is 0 Å². The first kappa shape index (κ1) is 19.1. The number of carbonyl (C=O) groups is 2. The van der Waals surface area contributed by atoms with Gasteiger partial charge in [-0.25, -0.2) is 9.18 Å². The quantitative estimate of drug-likeness (QED) is 0.807. The number of hydrogen-bond acceptors (Lipinski definition) is 3. The van der Waals surface area contributed by atoms with Crippen LogP contribution in [0, 0.1) is 12.7 Å². The molecular formula is C24H25FN2O3. The second-order valence-electron chi connectivity index (χ2n) is 8.72. The highest BCUT2D eigenvalue weighted by atomic mass is 19.1. The molecule has 2 aliphatic carbocycles. The standard InChI is InChI=1S/C24H25FN2O3/c1-14-3-2-4-16(11-14)24(8-9-24)27-23(29)26-22-17(5-6-20(22)28)18-12-15-7-10-30-21(15)13-19(18)25/h2-4,11-13,17,22H,5-10H2,1H3,(H2,26,27,29)/t17-,22?/m0/s1. The van der Waals surface area contributed by atoms with Crippen molar-refractivity contribution in [3.05, 3.63) is 64.5 Å². The number of hydrogen-bond donors (Lipinski definition) is 2. The molecule has 2 saturated carbocycles. The molecule has 5 nitrogen and oxygen atoms in total. The molecule has 2 fully saturated rings. The molecule has 2 atom stereocenters. The lowest BCUT2D eigenvalue weighted by Gasteiger charge is -2.24. The number of rotatable bonds is 4. The Hall–Kier alpha value is -2.89. The summed E-state index contributed by atoms with van der Waals surface area (Å²) >= 11 is 0. The average Bonchev–Trinajstić information content (AvgIpc) is 3.20. The molecular weight excluding hydrogens is 383 g/mol. The van der Waals surface area contributed by atoms with E-state index in [1.807, 2.05) is 31.2 Å². The number of fused-ring (bicyclic) bond motifs is 1. The number of ether oxygens (including phenoxy) is 1. The minimum atomic E-state index is -0.715. The third-order valence-electron chi connectivity index (χ3n) is 6.62. The maximum atomic E-state index is 14.8. The minimum Gasteiger partial charge on any atom is -0.493 e. The number of ketones is 1. The first-order chi connectivity index (χ1) is 14.4. The van der Waals surface area contributed by atoms with Crippen LogP contribution in [0.2, 0.25) is 0 Å². The van der Waals surface area contributed by atoms with Gasteiger partial charge in [0.05, 0.1) is 18.2 Å². The number of halogens is 1. The number of Topliss-reactive ketones (excluding diaryl/α,β-unsaturated/α-hetero) is 1.